The van der Waals surface area contributed by atoms with Gasteiger partial charge in [0.05, 0.1) is 15.9 Å². The Kier molecular flexibility index (Phi) is 3.46. The molecule has 0 unspecified atom stereocenters. The highest BCUT2D eigenvalue weighted by Gasteiger charge is 2.26. The standard InChI is InChI=1S/C16H10F2N4O2S/c1-16(17,18)12-3-2-9(14(23)20-12)15-21-13(22-24-15)8-6-11-10(19-7-8)4-5-25-11/h2-7H,1H3,(H,20,23). The van der Waals surface area contributed by atoms with Gasteiger partial charge < -0.3 is 9.51 Å². The van der Waals surface area contributed by atoms with E-state index in [9.17, 15) is 13.6 Å². The van der Waals surface area contributed by atoms with Crippen molar-refractivity contribution in [2.45, 2.75) is 12.8 Å². The maximum Gasteiger partial charge on any atom is 0.284 e. The average Bonchev–Trinajstić information content (AvgIpc) is 3.22. The lowest BCUT2D eigenvalue weighted by atomic mass is 10.2. The third kappa shape index (κ3) is 2.82. The first kappa shape index (κ1) is 15.6. The smallest absolute Gasteiger partial charge is 0.284 e. The van der Waals surface area contributed by atoms with Gasteiger partial charge in [0.25, 0.3) is 17.4 Å². The highest BCUT2D eigenvalue weighted by atomic mass is 32.1. The summed E-state index contributed by atoms with van der Waals surface area (Å²) >= 11 is 1.53. The van der Waals surface area contributed by atoms with Crippen LogP contribution in [0.4, 0.5) is 8.78 Å². The number of nitrogens with one attached hydrogen (secondary N) is 1. The molecule has 0 atom stereocenters. The summed E-state index contributed by atoms with van der Waals surface area (Å²) in [6, 6.07) is 6.13. The fourth-order valence-corrected chi connectivity index (χ4v) is 3.10. The summed E-state index contributed by atoms with van der Waals surface area (Å²) in [5.74, 6) is -2.92. The third-order valence-corrected chi connectivity index (χ3v) is 4.45. The second-order valence-electron chi connectivity index (χ2n) is 5.45. The number of hydrogen-bond acceptors (Lipinski definition) is 6. The van der Waals surface area contributed by atoms with Gasteiger partial charge in [-0.15, -0.1) is 11.3 Å². The summed E-state index contributed by atoms with van der Waals surface area (Å²) in [5, 5.41) is 5.77. The van der Waals surface area contributed by atoms with Crippen molar-refractivity contribution < 1.29 is 13.3 Å². The molecule has 1 N–H and O–H groups in total. The molecule has 0 aliphatic rings. The quantitative estimate of drug-likeness (QED) is 0.600. The van der Waals surface area contributed by atoms with Crippen LogP contribution in [0.1, 0.15) is 12.6 Å². The van der Waals surface area contributed by atoms with Gasteiger partial charge in [-0.2, -0.15) is 4.98 Å². The van der Waals surface area contributed by atoms with Gasteiger partial charge in [-0.1, -0.05) is 5.16 Å². The molecule has 0 amide bonds. The lowest BCUT2D eigenvalue weighted by Gasteiger charge is -2.09. The van der Waals surface area contributed by atoms with Crippen LogP contribution in [0.3, 0.4) is 0 Å². The number of nitrogens with zero attached hydrogens (tertiary/aromatic N) is 3. The molecule has 4 aromatic heterocycles. The summed E-state index contributed by atoms with van der Waals surface area (Å²) in [4.78, 5) is 22.7. The zero-order chi connectivity index (χ0) is 17.6. The van der Waals surface area contributed by atoms with Crippen molar-refractivity contribution in [1.29, 1.82) is 0 Å². The lowest BCUT2D eigenvalue weighted by Crippen LogP contribution is -2.18. The first-order valence-corrected chi connectivity index (χ1v) is 8.09. The fourth-order valence-electron chi connectivity index (χ4n) is 2.32. The van der Waals surface area contributed by atoms with Crippen LogP contribution in [-0.2, 0) is 5.92 Å². The van der Waals surface area contributed by atoms with Crippen LogP contribution < -0.4 is 5.56 Å². The Morgan fingerprint density at radius 1 is 1.28 bits per heavy atom. The maximum atomic E-state index is 13.3. The second-order valence-corrected chi connectivity index (χ2v) is 6.40. The summed E-state index contributed by atoms with van der Waals surface area (Å²) in [5.41, 5.74) is 0.328. The lowest BCUT2D eigenvalue weighted by molar-refractivity contribution is 0.0126. The summed E-state index contributed by atoms with van der Waals surface area (Å²) in [6.45, 7) is 0.705. The predicted molar refractivity (Wildman–Crippen MR) is 88.5 cm³/mol. The van der Waals surface area contributed by atoms with E-state index in [4.69, 9.17) is 4.52 Å². The van der Waals surface area contributed by atoms with E-state index in [2.05, 4.69) is 20.1 Å². The van der Waals surface area contributed by atoms with Crippen LogP contribution in [-0.4, -0.2) is 20.1 Å². The number of thiophene rings is 1. The minimum absolute atomic E-state index is 0.0249. The average molecular weight is 360 g/mol. The van der Waals surface area contributed by atoms with Gasteiger partial charge in [0.2, 0.25) is 5.82 Å². The number of pyridine rings is 2. The fraction of sp³-hybridized carbons (Fsp3) is 0.125. The zero-order valence-electron chi connectivity index (χ0n) is 12.8. The van der Waals surface area contributed by atoms with E-state index < -0.39 is 17.2 Å². The van der Waals surface area contributed by atoms with E-state index in [0.29, 0.717) is 12.5 Å². The molecule has 0 fully saturated rings. The molecular weight excluding hydrogens is 350 g/mol. The van der Waals surface area contributed by atoms with Crippen molar-refractivity contribution in [2.75, 3.05) is 0 Å². The van der Waals surface area contributed by atoms with Gasteiger partial charge in [-0.05, 0) is 29.6 Å². The van der Waals surface area contributed by atoms with Crippen LogP contribution in [0.25, 0.3) is 33.1 Å². The Morgan fingerprint density at radius 2 is 2.12 bits per heavy atom. The summed E-state index contributed by atoms with van der Waals surface area (Å²) in [7, 11) is 0. The van der Waals surface area contributed by atoms with Crippen molar-refractivity contribution in [2.24, 2.45) is 0 Å². The number of aromatic amines is 1. The Labute approximate surface area is 143 Å². The van der Waals surface area contributed by atoms with Gasteiger partial charge >= 0.3 is 0 Å². The minimum atomic E-state index is -3.14. The van der Waals surface area contributed by atoms with E-state index in [1.807, 2.05) is 17.5 Å². The Balaban J connectivity index is 1.72. The molecule has 0 saturated carbocycles. The number of rotatable bonds is 3. The molecule has 0 bridgehead atoms. The predicted octanol–water partition coefficient (Wildman–Crippen LogP) is 3.81. The number of H-pyrrole nitrogens is 1. The van der Waals surface area contributed by atoms with Crippen molar-refractivity contribution >= 4 is 21.6 Å². The molecule has 0 aliphatic heterocycles. The summed E-state index contributed by atoms with van der Waals surface area (Å²) in [6.07, 6.45) is 1.61. The zero-order valence-corrected chi connectivity index (χ0v) is 13.6. The molecule has 6 nitrogen and oxygen atoms in total. The first-order valence-electron chi connectivity index (χ1n) is 7.21. The Bertz CT molecular complexity index is 1130. The maximum absolute atomic E-state index is 13.3. The molecule has 0 radical (unpaired) electrons. The molecule has 0 saturated heterocycles. The highest BCUT2D eigenvalue weighted by molar-refractivity contribution is 7.17. The van der Waals surface area contributed by atoms with Crippen LogP contribution in [0.15, 0.2) is 45.2 Å². The third-order valence-electron chi connectivity index (χ3n) is 3.60. The topological polar surface area (TPSA) is 84.7 Å². The van der Waals surface area contributed by atoms with Crippen LogP contribution in [0.2, 0.25) is 0 Å². The highest BCUT2D eigenvalue weighted by Crippen LogP contribution is 2.27. The Morgan fingerprint density at radius 3 is 2.88 bits per heavy atom. The van der Waals surface area contributed by atoms with E-state index in [1.165, 1.54) is 17.4 Å². The molecule has 4 rings (SSSR count). The molecule has 4 heterocycles. The summed E-state index contributed by atoms with van der Waals surface area (Å²) < 4.78 is 32.6. The van der Waals surface area contributed by atoms with Crippen molar-refractivity contribution in [1.82, 2.24) is 20.1 Å². The molecule has 126 valence electrons. The number of aromatic nitrogens is 4. The molecule has 25 heavy (non-hydrogen) atoms. The van der Waals surface area contributed by atoms with Gasteiger partial charge in [-0.25, -0.2) is 8.78 Å². The molecule has 4 aromatic rings. The molecular formula is C16H10F2N4O2S. The number of fused-ring (bicyclic) bond motifs is 1. The van der Waals surface area contributed by atoms with Crippen molar-refractivity contribution in [3.05, 3.63) is 51.9 Å². The molecule has 0 aromatic carbocycles. The van der Waals surface area contributed by atoms with E-state index in [-0.39, 0.29) is 17.3 Å². The normalized spacial score (nSPS) is 12.0. The second kappa shape index (κ2) is 5.55. The van der Waals surface area contributed by atoms with Gasteiger partial charge in [0.15, 0.2) is 0 Å². The van der Waals surface area contributed by atoms with E-state index in [1.54, 1.807) is 6.20 Å². The molecule has 0 aliphatic carbocycles. The minimum Gasteiger partial charge on any atom is -0.333 e. The molecule has 9 heteroatoms. The van der Waals surface area contributed by atoms with Crippen LogP contribution >= 0.6 is 11.3 Å². The van der Waals surface area contributed by atoms with E-state index in [0.717, 1.165) is 16.3 Å². The van der Waals surface area contributed by atoms with Crippen molar-refractivity contribution in [3.63, 3.8) is 0 Å². The largest absolute Gasteiger partial charge is 0.333 e. The van der Waals surface area contributed by atoms with Crippen molar-refractivity contribution in [3.8, 4) is 22.8 Å². The van der Waals surface area contributed by atoms with Crippen LogP contribution in [0.5, 0.6) is 0 Å². The van der Waals surface area contributed by atoms with Crippen LogP contribution in [0, 0.1) is 0 Å². The first-order chi connectivity index (χ1) is 11.9. The van der Waals surface area contributed by atoms with Gasteiger partial charge in [-0.3, -0.25) is 9.78 Å². The Hall–Kier alpha value is -2.94. The SMILES string of the molecule is CC(F)(F)c1ccc(-c2nc(-c3cnc4ccsc4c3)no2)c(=O)[nH]1. The number of halogens is 2. The number of alkyl halides is 2. The van der Waals surface area contributed by atoms with E-state index >= 15 is 0 Å². The van der Waals surface area contributed by atoms with Gasteiger partial charge in [0.1, 0.15) is 5.56 Å². The number of hydrogen-bond donors (Lipinski definition) is 1. The molecule has 0 spiro atoms. The van der Waals surface area contributed by atoms with Gasteiger partial charge in [0, 0.05) is 18.7 Å². The monoisotopic (exact) mass is 360 g/mol.